The van der Waals surface area contributed by atoms with Gasteiger partial charge in [0.25, 0.3) is 0 Å². The van der Waals surface area contributed by atoms with Gasteiger partial charge in [-0.15, -0.1) is 12.4 Å². The average Bonchev–Trinajstić information content (AvgIpc) is 1.36. The molecule has 0 aliphatic rings. The van der Waals surface area contributed by atoms with Gasteiger partial charge in [0, 0.05) is 0 Å². The summed E-state index contributed by atoms with van der Waals surface area (Å²) in [7, 11) is 0. The third kappa shape index (κ3) is 5.43. The Kier molecular flexibility index (Phi) is 4.99. The molecular formula is C3H9ClN2O. The first-order valence-electron chi connectivity index (χ1n) is 1.55. The summed E-state index contributed by atoms with van der Waals surface area (Å²) in [5.41, 5.74) is 9.94. The van der Waals surface area contributed by atoms with Gasteiger partial charge < -0.3 is 16.6 Å². The Balaban J connectivity index is 0. The van der Waals surface area contributed by atoms with E-state index in [0.29, 0.717) is 0 Å². The molecule has 0 rings (SSSR count). The second kappa shape index (κ2) is 3.61. The smallest absolute Gasteiger partial charge is 0.200 e. The molecule has 0 radical (unpaired) electrons. The molecule has 0 unspecified atom stereocenters. The molecule has 0 amide bonds. The van der Waals surface area contributed by atoms with E-state index < -0.39 is 0 Å². The predicted octanol–water partition coefficient (Wildman–Crippen LogP) is 0.0726. The van der Waals surface area contributed by atoms with Crippen LogP contribution in [0.25, 0.3) is 0 Å². The van der Waals surface area contributed by atoms with Crippen molar-refractivity contribution < 1.29 is 5.11 Å². The Bertz CT molecular complexity index is 63.0. The summed E-state index contributed by atoms with van der Waals surface area (Å²) in [5, 5.41) is 8.16. The Morgan fingerprint density at radius 3 is 1.57 bits per heavy atom. The number of hydrogen-bond donors (Lipinski definition) is 3. The van der Waals surface area contributed by atoms with Crippen molar-refractivity contribution in [1.82, 2.24) is 0 Å². The lowest BCUT2D eigenvalue weighted by atomic mass is 10.5. The quantitative estimate of drug-likeness (QED) is 0.400. The largest absolute Gasteiger partial charge is 0.494 e. The maximum Gasteiger partial charge on any atom is 0.200 e. The van der Waals surface area contributed by atoms with Crippen LogP contribution in [0, 0.1) is 0 Å². The molecule has 5 N–H and O–H groups in total. The summed E-state index contributed by atoms with van der Waals surface area (Å²) in [6, 6.07) is 0. The molecule has 4 heteroatoms. The van der Waals surface area contributed by atoms with E-state index in [1.165, 1.54) is 6.92 Å². The molecule has 0 bridgehead atoms. The fraction of sp³-hybridized carbons (Fsp3) is 0.333. The van der Waals surface area contributed by atoms with E-state index in [2.05, 4.69) is 0 Å². The summed E-state index contributed by atoms with van der Waals surface area (Å²) in [6.07, 6.45) is 0. The maximum atomic E-state index is 8.16. The first-order valence-corrected chi connectivity index (χ1v) is 1.55. The zero-order valence-electron chi connectivity index (χ0n) is 4.01. The number of halogens is 1. The summed E-state index contributed by atoms with van der Waals surface area (Å²) in [6.45, 7) is 1.52. The maximum absolute atomic E-state index is 8.16. The van der Waals surface area contributed by atoms with Gasteiger partial charge in [-0.05, 0) is 6.92 Å². The number of nitrogens with two attached hydrogens (primary N) is 2. The van der Waals surface area contributed by atoms with Crippen molar-refractivity contribution in [3.8, 4) is 0 Å². The van der Waals surface area contributed by atoms with Crippen LogP contribution in [0.3, 0.4) is 0 Å². The molecule has 0 aliphatic carbocycles. The van der Waals surface area contributed by atoms with Gasteiger partial charge in [-0.2, -0.15) is 0 Å². The summed E-state index contributed by atoms with van der Waals surface area (Å²) in [4.78, 5) is 0. The van der Waals surface area contributed by atoms with Crippen molar-refractivity contribution in [3.63, 3.8) is 0 Å². The molecule has 0 saturated carbocycles. The zero-order chi connectivity index (χ0) is 5.15. The highest BCUT2D eigenvalue weighted by atomic mass is 35.5. The van der Waals surface area contributed by atoms with Gasteiger partial charge in [-0.3, -0.25) is 0 Å². The van der Waals surface area contributed by atoms with Crippen LogP contribution in [-0.4, -0.2) is 5.11 Å². The summed E-state index contributed by atoms with van der Waals surface area (Å²) < 4.78 is 0. The first-order chi connectivity index (χ1) is 2.64. The molecule has 7 heavy (non-hydrogen) atoms. The lowest BCUT2D eigenvalue weighted by molar-refractivity contribution is 0.397. The van der Waals surface area contributed by atoms with Gasteiger partial charge in [-0.25, -0.2) is 0 Å². The predicted molar refractivity (Wildman–Crippen MR) is 31.0 cm³/mol. The lowest BCUT2D eigenvalue weighted by Gasteiger charge is -1.87. The molecule has 0 spiro atoms. The van der Waals surface area contributed by atoms with Gasteiger partial charge in [0.2, 0.25) is 5.88 Å². The SMILES string of the molecule is C/C(N)=C(\N)O.Cl. The van der Waals surface area contributed by atoms with E-state index >= 15 is 0 Å². The van der Waals surface area contributed by atoms with Crippen LogP contribution in [0.4, 0.5) is 0 Å². The highest BCUT2D eigenvalue weighted by Gasteiger charge is 1.80. The molecular weight excluding hydrogens is 115 g/mol. The highest BCUT2D eigenvalue weighted by molar-refractivity contribution is 5.85. The topological polar surface area (TPSA) is 72.3 Å². The Morgan fingerprint density at radius 2 is 1.57 bits per heavy atom. The van der Waals surface area contributed by atoms with Crippen LogP contribution in [0.15, 0.2) is 11.6 Å². The molecule has 0 aliphatic heterocycles. The zero-order valence-corrected chi connectivity index (χ0v) is 4.83. The van der Waals surface area contributed by atoms with Crippen LogP contribution in [-0.2, 0) is 0 Å². The summed E-state index contributed by atoms with van der Waals surface area (Å²) >= 11 is 0. The van der Waals surface area contributed by atoms with E-state index in [1.807, 2.05) is 0 Å². The molecule has 3 nitrogen and oxygen atoms in total. The number of aliphatic hydroxyl groups is 1. The van der Waals surface area contributed by atoms with E-state index in [4.69, 9.17) is 16.6 Å². The Hall–Kier alpha value is -0.570. The number of allylic oxidation sites excluding steroid dienone is 1. The van der Waals surface area contributed by atoms with E-state index in [1.54, 1.807) is 0 Å². The number of hydrogen-bond acceptors (Lipinski definition) is 3. The van der Waals surface area contributed by atoms with E-state index in [-0.39, 0.29) is 24.0 Å². The van der Waals surface area contributed by atoms with Crippen molar-refractivity contribution in [2.24, 2.45) is 11.5 Å². The minimum absolute atomic E-state index is 0. The van der Waals surface area contributed by atoms with Crippen LogP contribution in [0.2, 0.25) is 0 Å². The van der Waals surface area contributed by atoms with Gasteiger partial charge in [-0.1, -0.05) is 0 Å². The molecule has 0 saturated heterocycles. The van der Waals surface area contributed by atoms with Crippen molar-refractivity contribution in [2.45, 2.75) is 6.92 Å². The normalized spacial score (nSPS) is 11.6. The third-order valence-electron chi connectivity index (χ3n) is 0.404. The molecule has 0 aromatic rings. The van der Waals surface area contributed by atoms with Gasteiger partial charge in [0.15, 0.2) is 0 Å². The van der Waals surface area contributed by atoms with Crippen molar-refractivity contribution in [3.05, 3.63) is 11.6 Å². The highest BCUT2D eigenvalue weighted by Crippen LogP contribution is 1.77. The molecule has 0 atom stereocenters. The molecule has 0 aromatic heterocycles. The van der Waals surface area contributed by atoms with Crippen molar-refractivity contribution in [2.75, 3.05) is 0 Å². The van der Waals surface area contributed by atoms with E-state index in [0.717, 1.165) is 0 Å². The number of rotatable bonds is 0. The second-order valence-corrected chi connectivity index (χ2v) is 1.07. The second-order valence-electron chi connectivity index (χ2n) is 1.07. The van der Waals surface area contributed by atoms with Gasteiger partial charge >= 0.3 is 0 Å². The monoisotopic (exact) mass is 124 g/mol. The molecule has 0 aromatic carbocycles. The van der Waals surface area contributed by atoms with Crippen LogP contribution >= 0.6 is 12.4 Å². The fourth-order valence-electron chi connectivity index (χ4n) is 0. The average molecular weight is 125 g/mol. The van der Waals surface area contributed by atoms with Crippen LogP contribution < -0.4 is 11.5 Å². The number of aliphatic hydroxyl groups excluding tert-OH is 1. The standard InChI is InChI=1S/C3H8N2O.ClH/c1-2(4)3(5)6;/h6H,4-5H2,1H3;1H/b3-2-;. The van der Waals surface area contributed by atoms with Crippen molar-refractivity contribution in [1.29, 1.82) is 0 Å². The van der Waals surface area contributed by atoms with Crippen molar-refractivity contribution >= 4 is 12.4 Å². The lowest BCUT2D eigenvalue weighted by Crippen LogP contribution is -2.04. The molecule has 0 heterocycles. The van der Waals surface area contributed by atoms with Crippen LogP contribution in [0.5, 0.6) is 0 Å². The summed E-state index contributed by atoms with van der Waals surface area (Å²) in [5.74, 6) is -0.296. The Morgan fingerprint density at radius 1 is 1.43 bits per heavy atom. The van der Waals surface area contributed by atoms with Crippen LogP contribution in [0.1, 0.15) is 6.92 Å². The Labute approximate surface area is 48.4 Å². The first kappa shape index (κ1) is 9.66. The molecule has 44 valence electrons. The fourth-order valence-corrected chi connectivity index (χ4v) is 0. The molecule has 0 fully saturated rings. The van der Waals surface area contributed by atoms with E-state index in [9.17, 15) is 0 Å². The van der Waals surface area contributed by atoms with Gasteiger partial charge in [0.1, 0.15) is 0 Å². The minimum atomic E-state index is -0.296. The van der Waals surface area contributed by atoms with Gasteiger partial charge in [0.05, 0.1) is 5.70 Å². The third-order valence-corrected chi connectivity index (χ3v) is 0.404. The minimum Gasteiger partial charge on any atom is -0.494 e.